The average molecular weight is 398 g/mol. The van der Waals surface area contributed by atoms with Crippen molar-refractivity contribution in [1.29, 1.82) is 0 Å². The SMILES string of the molecule is COc1ccccc1C1(O)CCN(Cc2ccccc2OC[C@@H]2CCCO2)CC1. The first-order chi connectivity index (χ1) is 14.2. The molecule has 1 atom stereocenters. The first-order valence-corrected chi connectivity index (χ1v) is 10.6. The maximum Gasteiger partial charge on any atom is 0.124 e. The average Bonchev–Trinajstić information content (AvgIpc) is 3.28. The highest BCUT2D eigenvalue weighted by Gasteiger charge is 2.36. The summed E-state index contributed by atoms with van der Waals surface area (Å²) in [6, 6.07) is 16.0. The number of aliphatic hydroxyl groups is 1. The Morgan fingerprint density at radius 3 is 2.52 bits per heavy atom. The molecule has 0 radical (unpaired) electrons. The third-order valence-corrected chi connectivity index (χ3v) is 6.11. The van der Waals surface area contributed by atoms with E-state index in [0.717, 1.165) is 56.1 Å². The predicted octanol–water partition coefficient (Wildman–Crippen LogP) is 3.74. The van der Waals surface area contributed by atoms with Gasteiger partial charge in [0.2, 0.25) is 0 Å². The van der Waals surface area contributed by atoms with E-state index in [0.29, 0.717) is 19.4 Å². The van der Waals surface area contributed by atoms with Gasteiger partial charge in [-0.25, -0.2) is 0 Å². The van der Waals surface area contributed by atoms with Crippen LogP contribution >= 0.6 is 0 Å². The molecule has 5 heteroatoms. The van der Waals surface area contributed by atoms with Gasteiger partial charge >= 0.3 is 0 Å². The topological polar surface area (TPSA) is 51.2 Å². The van der Waals surface area contributed by atoms with Crippen LogP contribution in [0.25, 0.3) is 0 Å². The van der Waals surface area contributed by atoms with Crippen LogP contribution in [0.1, 0.15) is 36.8 Å². The molecule has 2 fully saturated rings. The molecule has 0 spiro atoms. The van der Waals surface area contributed by atoms with Crippen molar-refractivity contribution in [2.45, 2.75) is 43.9 Å². The van der Waals surface area contributed by atoms with Crippen LogP contribution < -0.4 is 9.47 Å². The maximum atomic E-state index is 11.3. The number of hydrogen-bond acceptors (Lipinski definition) is 5. The minimum absolute atomic E-state index is 0.217. The van der Waals surface area contributed by atoms with E-state index in [1.807, 2.05) is 36.4 Å². The lowest BCUT2D eigenvalue weighted by atomic mass is 9.83. The Bertz CT molecular complexity index is 795. The van der Waals surface area contributed by atoms with E-state index >= 15 is 0 Å². The summed E-state index contributed by atoms with van der Waals surface area (Å²) in [6.45, 7) is 3.94. The lowest BCUT2D eigenvalue weighted by molar-refractivity contribution is -0.0294. The minimum atomic E-state index is -0.834. The zero-order chi connectivity index (χ0) is 20.1. The Morgan fingerprint density at radius 2 is 1.79 bits per heavy atom. The highest BCUT2D eigenvalue weighted by atomic mass is 16.5. The van der Waals surface area contributed by atoms with Crippen LogP contribution in [0, 0.1) is 0 Å². The fourth-order valence-corrected chi connectivity index (χ4v) is 4.35. The second kappa shape index (κ2) is 9.16. The lowest BCUT2D eigenvalue weighted by Gasteiger charge is -2.39. The molecule has 5 nitrogen and oxygen atoms in total. The molecule has 2 aliphatic heterocycles. The van der Waals surface area contributed by atoms with Crippen LogP contribution in [0.2, 0.25) is 0 Å². The number of benzene rings is 2. The van der Waals surface area contributed by atoms with Gasteiger partial charge in [-0.05, 0) is 37.8 Å². The molecular formula is C24H31NO4. The molecule has 0 unspecified atom stereocenters. The Hall–Kier alpha value is -2.08. The molecule has 2 aromatic rings. The fourth-order valence-electron chi connectivity index (χ4n) is 4.35. The molecule has 0 aliphatic carbocycles. The summed E-state index contributed by atoms with van der Waals surface area (Å²) in [6.07, 6.45) is 3.79. The number of rotatable bonds is 7. The second-order valence-electron chi connectivity index (χ2n) is 8.06. The molecule has 29 heavy (non-hydrogen) atoms. The molecule has 0 amide bonds. The Balaban J connectivity index is 1.37. The Labute approximate surface area is 173 Å². The van der Waals surface area contributed by atoms with E-state index in [-0.39, 0.29) is 6.10 Å². The number of likely N-dealkylation sites (tertiary alicyclic amines) is 1. The van der Waals surface area contributed by atoms with Gasteiger partial charge in [-0.1, -0.05) is 36.4 Å². The van der Waals surface area contributed by atoms with E-state index < -0.39 is 5.60 Å². The van der Waals surface area contributed by atoms with Gasteiger partial charge in [0, 0.05) is 37.4 Å². The van der Waals surface area contributed by atoms with Crippen molar-refractivity contribution in [3.05, 3.63) is 59.7 Å². The molecule has 1 N–H and O–H groups in total. The molecular weight excluding hydrogens is 366 g/mol. The van der Waals surface area contributed by atoms with Crippen LogP contribution in [0.15, 0.2) is 48.5 Å². The first-order valence-electron chi connectivity index (χ1n) is 10.6. The van der Waals surface area contributed by atoms with E-state index in [9.17, 15) is 5.11 Å². The van der Waals surface area contributed by atoms with Gasteiger partial charge in [-0.2, -0.15) is 0 Å². The van der Waals surface area contributed by atoms with Gasteiger partial charge in [0.05, 0.1) is 18.8 Å². The standard InChI is InChI=1S/C24H31NO4/c1-27-23-11-5-3-9-21(23)24(26)12-14-25(15-13-24)17-19-7-2-4-10-22(19)29-18-20-8-6-16-28-20/h2-5,7,9-11,20,26H,6,8,12-18H2,1H3/t20-/m0/s1. The van der Waals surface area contributed by atoms with Crippen molar-refractivity contribution in [3.8, 4) is 11.5 Å². The summed E-state index contributed by atoms with van der Waals surface area (Å²) < 4.78 is 17.2. The van der Waals surface area contributed by atoms with Gasteiger partial charge in [0.25, 0.3) is 0 Å². The molecule has 0 bridgehead atoms. The molecule has 0 saturated carbocycles. The van der Waals surface area contributed by atoms with Gasteiger partial charge in [0.15, 0.2) is 0 Å². The third-order valence-electron chi connectivity index (χ3n) is 6.11. The van der Waals surface area contributed by atoms with Gasteiger partial charge in [-0.3, -0.25) is 4.90 Å². The largest absolute Gasteiger partial charge is 0.496 e. The smallest absolute Gasteiger partial charge is 0.124 e. The number of nitrogens with zero attached hydrogens (tertiary/aromatic N) is 1. The zero-order valence-corrected chi connectivity index (χ0v) is 17.2. The highest BCUT2D eigenvalue weighted by Crippen LogP contribution is 2.38. The third kappa shape index (κ3) is 4.74. The number of ether oxygens (including phenoxy) is 3. The van der Waals surface area contributed by atoms with E-state index in [2.05, 4.69) is 17.0 Å². The van der Waals surface area contributed by atoms with Crippen molar-refractivity contribution < 1.29 is 19.3 Å². The number of piperidine rings is 1. The quantitative estimate of drug-likeness (QED) is 0.771. The summed E-state index contributed by atoms with van der Waals surface area (Å²) in [5.74, 6) is 1.70. The molecule has 0 aromatic heterocycles. The Morgan fingerprint density at radius 1 is 1.07 bits per heavy atom. The summed E-state index contributed by atoms with van der Waals surface area (Å²) >= 11 is 0. The molecule has 2 saturated heterocycles. The lowest BCUT2D eigenvalue weighted by Crippen LogP contribution is -2.42. The van der Waals surface area contributed by atoms with Gasteiger partial charge < -0.3 is 19.3 Å². The van der Waals surface area contributed by atoms with Gasteiger partial charge in [-0.15, -0.1) is 0 Å². The van der Waals surface area contributed by atoms with Crippen LogP contribution in [0.3, 0.4) is 0 Å². The van der Waals surface area contributed by atoms with Crippen LogP contribution in [-0.4, -0.2) is 49.5 Å². The highest BCUT2D eigenvalue weighted by molar-refractivity contribution is 5.38. The van der Waals surface area contributed by atoms with E-state index in [1.165, 1.54) is 5.56 Å². The number of hydrogen-bond donors (Lipinski definition) is 1. The number of methoxy groups -OCH3 is 1. The summed E-state index contributed by atoms with van der Waals surface area (Å²) in [4.78, 5) is 2.39. The molecule has 2 heterocycles. The normalized spacial score (nSPS) is 21.8. The van der Waals surface area contributed by atoms with E-state index in [4.69, 9.17) is 14.2 Å². The van der Waals surface area contributed by atoms with Crippen molar-refractivity contribution in [2.24, 2.45) is 0 Å². The summed E-state index contributed by atoms with van der Waals surface area (Å²) in [5.41, 5.74) is 1.24. The number of para-hydroxylation sites is 2. The molecule has 2 aromatic carbocycles. The molecule has 4 rings (SSSR count). The van der Waals surface area contributed by atoms with E-state index in [1.54, 1.807) is 7.11 Å². The summed E-state index contributed by atoms with van der Waals surface area (Å²) in [7, 11) is 1.66. The van der Waals surface area contributed by atoms with Crippen LogP contribution in [0.5, 0.6) is 11.5 Å². The van der Waals surface area contributed by atoms with Crippen molar-refractivity contribution in [3.63, 3.8) is 0 Å². The molecule has 156 valence electrons. The predicted molar refractivity (Wildman–Crippen MR) is 112 cm³/mol. The van der Waals surface area contributed by atoms with Crippen LogP contribution in [0.4, 0.5) is 0 Å². The van der Waals surface area contributed by atoms with Crippen LogP contribution in [-0.2, 0) is 16.9 Å². The minimum Gasteiger partial charge on any atom is -0.496 e. The fraction of sp³-hybridized carbons (Fsp3) is 0.500. The van der Waals surface area contributed by atoms with Crippen molar-refractivity contribution >= 4 is 0 Å². The second-order valence-corrected chi connectivity index (χ2v) is 8.06. The first kappa shape index (κ1) is 20.2. The zero-order valence-electron chi connectivity index (χ0n) is 17.2. The Kier molecular flexibility index (Phi) is 6.38. The van der Waals surface area contributed by atoms with Crippen molar-refractivity contribution in [1.82, 2.24) is 4.90 Å². The van der Waals surface area contributed by atoms with Crippen molar-refractivity contribution in [2.75, 3.05) is 33.4 Å². The maximum absolute atomic E-state index is 11.3. The van der Waals surface area contributed by atoms with Gasteiger partial charge in [0.1, 0.15) is 18.1 Å². The molecule has 2 aliphatic rings. The summed E-state index contributed by atoms with van der Waals surface area (Å²) in [5, 5.41) is 11.3. The monoisotopic (exact) mass is 397 g/mol.